The van der Waals surface area contributed by atoms with Crippen LogP contribution in [-0.4, -0.2) is 25.0 Å². The highest BCUT2D eigenvalue weighted by atomic mass is 16.5. The first-order valence-corrected chi connectivity index (χ1v) is 12.8. The molecular weight excluding hydrogens is 486 g/mol. The fraction of sp³-hybridized carbons (Fsp3) is 0.182. The monoisotopic (exact) mass is 517 g/mol. The van der Waals surface area contributed by atoms with Crippen LogP contribution in [0.3, 0.4) is 0 Å². The van der Waals surface area contributed by atoms with Crippen LogP contribution in [0, 0.1) is 17.2 Å². The second kappa shape index (κ2) is 13.2. The number of nitrogens with two attached hydrogens (primary N) is 1. The number of ether oxygens (including phenoxy) is 1. The van der Waals surface area contributed by atoms with E-state index in [2.05, 4.69) is 11.4 Å². The van der Waals surface area contributed by atoms with Gasteiger partial charge in [0.1, 0.15) is 0 Å². The Morgan fingerprint density at radius 1 is 0.821 bits per heavy atom. The minimum Gasteiger partial charge on any atom is -0.469 e. The molecule has 0 aliphatic carbocycles. The van der Waals surface area contributed by atoms with Crippen LogP contribution in [0.1, 0.15) is 32.6 Å². The van der Waals surface area contributed by atoms with Crippen molar-refractivity contribution in [1.29, 1.82) is 5.26 Å². The number of esters is 1. The number of rotatable bonds is 10. The summed E-state index contributed by atoms with van der Waals surface area (Å²) < 4.78 is 5.17. The molecule has 2 atom stereocenters. The Morgan fingerprint density at radius 3 is 2.21 bits per heavy atom. The van der Waals surface area contributed by atoms with Crippen LogP contribution in [0.4, 0.5) is 0 Å². The van der Waals surface area contributed by atoms with Crippen LogP contribution in [0.5, 0.6) is 0 Å². The van der Waals surface area contributed by atoms with E-state index in [9.17, 15) is 14.9 Å². The molecule has 4 aromatic carbocycles. The highest BCUT2D eigenvalue weighted by Crippen LogP contribution is 2.23. The van der Waals surface area contributed by atoms with Crippen LogP contribution in [0.15, 0.2) is 103 Å². The maximum Gasteiger partial charge on any atom is 0.311 e. The number of benzene rings is 4. The van der Waals surface area contributed by atoms with Crippen molar-refractivity contribution >= 4 is 11.9 Å². The SMILES string of the molecule is COC(=O)C(Cc1cccc(C#N)c1)C(Cc1ccccc1)NC(=O)c1ccc(-c2cccc(CN)c2)cc1. The predicted molar refractivity (Wildman–Crippen MR) is 152 cm³/mol. The number of hydrogen-bond donors (Lipinski definition) is 2. The van der Waals surface area contributed by atoms with E-state index < -0.39 is 17.9 Å². The number of hydrogen-bond acceptors (Lipinski definition) is 5. The van der Waals surface area contributed by atoms with Crippen molar-refractivity contribution in [3.05, 3.63) is 131 Å². The molecule has 0 heterocycles. The minimum absolute atomic E-state index is 0.280. The van der Waals surface area contributed by atoms with Gasteiger partial charge in [-0.25, -0.2) is 0 Å². The molecular formula is C33H31N3O3. The molecule has 4 aromatic rings. The summed E-state index contributed by atoms with van der Waals surface area (Å²) >= 11 is 0. The first-order valence-electron chi connectivity index (χ1n) is 12.8. The van der Waals surface area contributed by atoms with Crippen LogP contribution in [0.2, 0.25) is 0 Å². The Balaban J connectivity index is 1.60. The number of nitrogens with zero attached hydrogens (tertiary/aromatic N) is 1. The van der Waals surface area contributed by atoms with Crippen LogP contribution in [0.25, 0.3) is 11.1 Å². The molecule has 0 saturated heterocycles. The zero-order valence-electron chi connectivity index (χ0n) is 21.8. The van der Waals surface area contributed by atoms with Gasteiger partial charge in [-0.15, -0.1) is 0 Å². The average Bonchev–Trinajstić information content (AvgIpc) is 3.00. The average molecular weight is 518 g/mol. The lowest BCUT2D eigenvalue weighted by Crippen LogP contribution is -2.46. The Morgan fingerprint density at radius 2 is 1.51 bits per heavy atom. The van der Waals surface area contributed by atoms with Crippen LogP contribution in [-0.2, 0) is 28.9 Å². The Labute approximate surface area is 229 Å². The van der Waals surface area contributed by atoms with E-state index in [1.54, 1.807) is 30.3 Å². The highest BCUT2D eigenvalue weighted by Gasteiger charge is 2.31. The summed E-state index contributed by atoms with van der Waals surface area (Å²) in [5.41, 5.74) is 11.6. The zero-order valence-corrected chi connectivity index (χ0v) is 21.8. The normalized spacial score (nSPS) is 12.1. The van der Waals surface area contributed by atoms with Gasteiger partial charge >= 0.3 is 5.97 Å². The van der Waals surface area contributed by atoms with Gasteiger partial charge < -0.3 is 15.8 Å². The van der Waals surface area contributed by atoms with Gasteiger partial charge in [0, 0.05) is 18.2 Å². The standard InChI is InChI=1S/C33H31N3O3/c1-39-33(38)30(19-24-9-5-10-25(17-24)21-34)31(20-23-7-3-2-4-8-23)36-32(37)28-15-13-27(14-16-28)29-12-6-11-26(18-29)22-35/h2-18,30-31H,19-20,22,35H2,1H3,(H,36,37). The molecule has 6 nitrogen and oxygen atoms in total. The van der Waals surface area contributed by atoms with Gasteiger partial charge in [-0.1, -0.05) is 72.8 Å². The number of carbonyl (C=O) groups is 2. The summed E-state index contributed by atoms with van der Waals surface area (Å²) in [6.07, 6.45) is 0.755. The largest absolute Gasteiger partial charge is 0.469 e. The molecule has 0 fully saturated rings. The van der Waals surface area contributed by atoms with E-state index in [-0.39, 0.29) is 5.91 Å². The lowest BCUT2D eigenvalue weighted by Gasteiger charge is -2.27. The Kier molecular flexibility index (Phi) is 9.23. The minimum atomic E-state index is -0.661. The van der Waals surface area contributed by atoms with E-state index in [1.807, 2.05) is 72.8 Å². The molecule has 0 aliphatic rings. The van der Waals surface area contributed by atoms with Gasteiger partial charge in [0.2, 0.25) is 0 Å². The fourth-order valence-corrected chi connectivity index (χ4v) is 4.67. The number of carbonyl (C=O) groups excluding carboxylic acids is 2. The van der Waals surface area contributed by atoms with Gasteiger partial charge in [-0.3, -0.25) is 9.59 Å². The quantitative estimate of drug-likeness (QED) is 0.286. The predicted octanol–water partition coefficient (Wildman–Crippen LogP) is 5.06. The summed E-state index contributed by atoms with van der Waals surface area (Å²) in [6, 6.07) is 33.8. The van der Waals surface area contributed by atoms with Crippen molar-refractivity contribution in [3.63, 3.8) is 0 Å². The molecule has 1 amide bonds. The van der Waals surface area contributed by atoms with Gasteiger partial charge in [-0.2, -0.15) is 5.26 Å². The Hall–Kier alpha value is -4.73. The van der Waals surface area contributed by atoms with Gasteiger partial charge in [0.25, 0.3) is 5.91 Å². The van der Waals surface area contributed by atoms with E-state index in [1.165, 1.54) is 7.11 Å². The maximum absolute atomic E-state index is 13.4. The van der Waals surface area contributed by atoms with Gasteiger partial charge in [-0.05, 0) is 71.0 Å². The number of nitrogens with one attached hydrogen (secondary N) is 1. The molecule has 0 saturated carbocycles. The third kappa shape index (κ3) is 7.19. The summed E-state index contributed by atoms with van der Waals surface area (Å²) in [5, 5.41) is 12.4. The van der Waals surface area contributed by atoms with Crippen molar-refractivity contribution in [2.75, 3.05) is 7.11 Å². The van der Waals surface area contributed by atoms with E-state index in [0.717, 1.165) is 27.8 Å². The summed E-state index contributed by atoms with van der Waals surface area (Å²) in [7, 11) is 1.35. The molecule has 3 N–H and O–H groups in total. The molecule has 4 rings (SSSR count). The van der Waals surface area contributed by atoms with Gasteiger partial charge in [0.15, 0.2) is 0 Å². The van der Waals surface area contributed by atoms with Crippen molar-refractivity contribution in [3.8, 4) is 17.2 Å². The van der Waals surface area contributed by atoms with Crippen LogP contribution >= 0.6 is 0 Å². The highest BCUT2D eigenvalue weighted by molar-refractivity contribution is 5.95. The second-order valence-electron chi connectivity index (χ2n) is 9.40. The first-order chi connectivity index (χ1) is 19.0. The smallest absolute Gasteiger partial charge is 0.311 e. The summed E-state index contributed by atoms with van der Waals surface area (Å²) in [4.78, 5) is 26.5. The van der Waals surface area contributed by atoms with Gasteiger partial charge in [0.05, 0.1) is 24.7 Å². The van der Waals surface area contributed by atoms with Crippen molar-refractivity contribution in [2.45, 2.75) is 25.4 Å². The maximum atomic E-state index is 13.4. The summed E-state index contributed by atoms with van der Waals surface area (Å²) in [5.74, 6) is -1.36. The van der Waals surface area contributed by atoms with Crippen molar-refractivity contribution in [1.82, 2.24) is 5.32 Å². The molecule has 0 aliphatic heterocycles. The number of methoxy groups -OCH3 is 1. The lowest BCUT2D eigenvalue weighted by molar-refractivity contribution is -0.146. The first kappa shape index (κ1) is 27.3. The second-order valence-corrected chi connectivity index (χ2v) is 9.40. The van der Waals surface area contributed by atoms with Crippen molar-refractivity contribution < 1.29 is 14.3 Å². The number of amides is 1. The van der Waals surface area contributed by atoms with Crippen LogP contribution < -0.4 is 11.1 Å². The molecule has 2 unspecified atom stereocenters. The van der Waals surface area contributed by atoms with E-state index in [4.69, 9.17) is 10.5 Å². The topological polar surface area (TPSA) is 105 Å². The third-order valence-electron chi connectivity index (χ3n) is 6.76. The van der Waals surface area contributed by atoms with E-state index in [0.29, 0.717) is 30.5 Å². The third-order valence-corrected chi connectivity index (χ3v) is 6.76. The van der Waals surface area contributed by atoms with E-state index >= 15 is 0 Å². The molecule has 0 spiro atoms. The number of nitriles is 1. The fourth-order valence-electron chi connectivity index (χ4n) is 4.67. The van der Waals surface area contributed by atoms with Crippen molar-refractivity contribution in [2.24, 2.45) is 11.7 Å². The molecule has 6 heteroatoms. The summed E-state index contributed by atoms with van der Waals surface area (Å²) in [6.45, 7) is 0.458. The lowest BCUT2D eigenvalue weighted by atomic mass is 9.87. The zero-order chi connectivity index (χ0) is 27.6. The molecule has 39 heavy (non-hydrogen) atoms. The molecule has 0 radical (unpaired) electrons. The molecule has 0 aromatic heterocycles. The molecule has 196 valence electrons. The molecule has 0 bridgehead atoms. The Bertz CT molecular complexity index is 1460.